The van der Waals surface area contributed by atoms with Gasteiger partial charge in [0, 0.05) is 18.6 Å². The molecule has 2 N–H and O–H groups in total. The van der Waals surface area contributed by atoms with Crippen LogP contribution in [0.25, 0.3) is 0 Å². The fraction of sp³-hybridized carbons (Fsp3) is 1.00. The van der Waals surface area contributed by atoms with Crippen molar-refractivity contribution in [1.29, 1.82) is 0 Å². The van der Waals surface area contributed by atoms with Crippen LogP contribution in [-0.2, 0) is 0 Å². The summed E-state index contributed by atoms with van der Waals surface area (Å²) >= 11 is 0. The molecule has 2 nitrogen and oxygen atoms in total. The van der Waals surface area contributed by atoms with E-state index in [2.05, 4.69) is 4.90 Å². The van der Waals surface area contributed by atoms with Crippen molar-refractivity contribution >= 4 is 0 Å². The van der Waals surface area contributed by atoms with Gasteiger partial charge >= 0.3 is 0 Å². The molecule has 2 heterocycles. The summed E-state index contributed by atoms with van der Waals surface area (Å²) in [5.74, 6) is 0. The lowest BCUT2D eigenvalue weighted by molar-refractivity contribution is 0.203. The Labute approximate surface area is 66.5 Å². The average molecular weight is 158 g/mol. The standard InChI is InChI=1S/C8H15FN2/c9-7-4-8(6-10)2-1-3-11(8)5-7/h7H,1-6,10H2/t7-,8+/m1/s1. The molecule has 0 aliphatic carbocycles. The lowest BCUT2D eigenvalue weighted by atomic mass is 9.94. The van der Waals surface area contributed by atoms with Gasteiger partial charge in [0.15, 0.2) is 0 Å². The third kappa shape index (κ3) is 0.983. The third-order valence-corrected chi connectivity index (χ3v) is 3.14. The van der Waals surface area contributed by atoms with Crippen molar-refractivity contribution in [2.24, 2.45) is 5.73 Å². The molecule has 0 unspecified atom stereocenters. The van der Waals surface area contributed by atoms with E-state index in [4.69, 9.17) is 5.73 Å². The van der Waals surface area contributed by atoms with Gasteiger partial charge in [-0.25, -0.2) is 4.39 Å². The highest BCUT2D eigenvalue weighted by molar-refractivity contribution is 5.04. The molecule has 0 amide bonds. The van der Waals surface area contributed by atoms with Gasteiger partial charge in [-0.1, -0.05) is 0 Å². The molecule has 0 aromatic rings. The fourth-order valence-corrected chi connectivity index (χ4v) is 2.54. The van der Waals surface area contributed by atoms with Gasteiger partial charge in [0.1, 0.15) is 6.17 Å². The molecule has 2 atom stereocenters. The van der Waals surface area contributed by atoms with E-state index in [0.29, 0.717) is 19.5 Å². The van der Waals surface area contributed by atoms with Crippen molar-refractivity contribution in [3.63, 3.8) is 0 Å². The Hall–Kier alpha value is -0.150. The normalized spacial score (nSPS) is 44.7. The van der Waals surface area contributed by atoms with E-state index in [9.17, 15) is 4.39 Å². The summed E-state index contributed by atoms with van der Waals surface area (Å²) in [5.41, 5.74) is 5.72. The molecule has 0 saturated carbocycles. The molecule has 11 heavy (non-hydrogen) atoms. The monoisotopic (exact) mass is 158 g/mol. The SMILES string of the molecule is NC[C@@]12CCCN1C[C@H](F)C2. The summed E-state index contributed by atoms with van der Waals surface area (Å²) in [6.07, 6.45) is 2.34. The minimum atomic E-state index is -0.626. The molecule has 2 saturated heterocycles. The van der Waals surface area contributed by atoms with Crippen molar-refractivity contribution in [1.82, 2.24) is 4.90 Å². The van der Waals surface area contributed by atoms with E-state index in [-0.39, 0.29) is 5.54 Å². The largest absolute Gasteiger partial charge is 0.329 e. The lowest BCUT2D eigenvalue weighted by Gasteiger charge is -2.29. The summed E-state index contributed by atoms with van der Waals surface area (Å²) in [5, 5.41) is 0. The topological polar surface area (TPSA) is 29.3 Å². The van der Waals surface area contributed by atoms with Crippen LogP contribution >= 0.6 is 0 Å². The first-order valence-corrected chi connectivity index (χ1v) is 4.36. The second kappa shape index (κ2) is 2.42. The summed E-state index contributed by atoms with van der Waals surface area (Å²) in [6, 6.07) is 0. The quantitative estimate of drug-likeness (QED) is 0.603. The molecule has 0 radical (unpaired) electrons. The number of rotatable bonds is 1. The summed E-state index contributed by atoms with van der Waals surface area (Å²) in [6.45, 7) is 2.31. The average Bonchev–Trinajstić information content (AvgIpc) is 2.43. The minimum Gasteiger partial charge on any atom is -0.329 e. The third-order valence-electron chi connectivity index (χ3n) is 3.14. The van der Waals surface area contributed by atoms with Crippen molar-refractivity contribution in [2.45, 2.75) is 31.0 Å². The number of nitrogens with two attached hydrogens (primary N) is 1. The highest BCUT2D eigenvalue weighted by atomic mass is 19.1. The van der Waals surface area contributed by atoms with Gasteiger partial charge < -0.3 is 5.73 Å². The highest BCUT2D eigenvalue weighted by Crippen LogP contribution is 2.38. The Kier molecular flexibility index (Phi) is 1.65. The van der Waals surface area contributed by atoms with Gasteiger partial charge in [0.05, 0.1) is 0 Å². The van der Waals surface area contributed by atoms with Crippen LogP contribution in [0.15, 0.2) is 0 Å². The zero-order valence-corrected chi connectivity index (χ0v) is 6.72. The molecule has 0 aromatic carbocycles. The zero-order valence-electron chi connectivity index (χ0n) is 6.72. The van der Waals surface area contributed by atoms with Crippen LogP contribution in [0.1, 0.15) is 19.3 Å². The van der Waals surface area contributed by atoms with Crippen LogP contribution in [0.3, 0.4) is 0 Å². The molecule has 2 aliphatic heterocycles. The van der Waals surface area contributed by atoms with Gasteiger partial charge in [-0.3, -0.25) is 4.90 Å². The van der Waals surface area contributed by atoms with Crippen LogP contribution in [0.4, 0.5) is 4.39 Å². The van der Waals surface area contributed by atoms with Crippen molar-refractivity contribution < 1.29 is 4.39 Å². The second-order valence-electron chi connectivity index (χ2n) is 3.78. The van der Waals surface area contributed by atoms with E-state index in [0.717, 1.165) is 13.0 Å². The Balaban J connectivity index is 2.15. The molecular weight excluding hydrogens is 143 g/mol. The van der Waals surface area contributed by atoms with Crippen LogP contribution in [0.2, 0.25) is 0 Å². The van der Waals surface area contributed by atoms with Gasteiger partial charge in [-0.2, -0.15) is 0 Å². The molecule has 0 aromatic heterocycles. The van der Waals surface area contributed by atoms with Crippen molar-refractivity contribution in [3.05, 3.63) is 0 Å². The summed E-state index contributed by atoms with van der Waals surface area (Å²) in [4.78, 5) is 2.23. The van der Waals surface area contributed by atoms with Crippen molar-refractivity contribution in [2.75, 3.05) is 19.6 Å². The van der Waals surface area contributed by atoms with E-state index in [1.54, 1.807) is 0 Å². The number of nitrogens with zero attached hydrogens (tertiary/aromatic N) is 1. The number of alkyl halides is 1. The molecule has 3 heteroatoms. The first-order chi connectivity index (χ1) is 5.27. The maximum absolute atomic E-state index is 13.0. The molecule has 2 aliphatic rings. The zero-order chi connectivity index (χ0) is 7.90. The van der Waals surface area contributed by atoms with E-state index < -0.39 is 6.17 Å². The van der Waals surface area contributed by atoms with Crippen LogP contribution < -0.4 is 5.73 Å². The molecule has 2 fully saturated rings. The van der Waals surface area contributed by atoms with E-state index in [1.807, 2.05) is 0 Å². The number of halogens is 1. The van der Waals surface area contributed by atoms with Gasteiger partial charge in [-0.05, 0) is 25.8 Å². The molecular formula is C8H15FN2. The van der Waals surface area contributed by atoms with Crippen LogP contribution in [0.5, 0.6) is 0 Å². The smallest absolute Gasteiger partial charge is 0.115 e. The Morgan fingerprint density at radius 1 is 1.64 bits per heavy atom. The fourth-order valence-electron chi connectivity index (χ4n) is 2.54. The maximum atomic E-state index is 13.0. The predicted molar refractivity (Wildman–Crippen MR) is 42.1 cm³/mol. The van der Waals surface area contributed by atoms with Gasteiger partial charge in [0.2, 0.25) is 0 Å². The van der Waals surface area contributed by atoms with Gasteiger partial charge in [0.25, 0.3) is 0 Å². The summed E-state index contributed by atoms with van der Waals surface area (Å²) < 4.78 is 13.0. The molecule has 2 rings (SSSR count). The Bertz CT molecular complexity index is 162. The van der Waals surface area contributed by atoms with Crippen LogP contribution in [-0.4, -0.2) is 36.2 Å². The number of fused-ring (bicyclic) bond motifs is 1. The minimum absolute atomic E-state index is 0.0550. The second-order valence-corrected chi connectivity index (χ2v) is 3.78. The predicted octanol–water partition coefficient (Wildman–Crippen LogP) is 0.521. The first-order valence-electron chi connectivity index (χ1n) is 4.36. The van der Waals surface area contributed by atoms with E-state index in [1.165, 1.54) is 6.42 Å². The first kappa shape index (κ1) is 7.50. The molecule has 0 spiro atoms. The number of hydrogen-bond acceptors (Lipinski definition) is 2. The lowest BCUT2D eigenvalue weighted by Crippen LogP contribution is -2.44. The highest BCUT2D eigenvalue weighted by Gasteiger charge is 2.47. The molecule has 64 valence electrons. The Morgan fingerprint density at radius 3 is 3.09 bits per heavy atom. The maximum Gasteiger partial charge on any atom is 0.115 e. The van der Waals surface area contributed by atoms with Gasteiger partial charge in [-0.15, -0.1) is 0 Å². The number of hydrogen-bond donors (Lipinski definition) is 1. The van der Waals surface area contributed by atoms with Crippen molar-refractivity contribution in [3.8, 4) is 0 Å². The summed E-state index contributed by atoms with van der Waals surface area (Å²) in [7, 11) is 0. The Morgan fingerprint density at radius 2 is 2.45 bits per heavy atom. The van der Waals surface area contributed by atoms with E-state index >= 15 is 0 Å². The van der Waals surface area contributed by atoms with Crippen LogP contribution in [0, 0.1) is 0 Å². The molecule has 0 bridgehead atoms.